The van der Waals surface area contributed by atoms with Crippen LogP contribution >= 0.6 is 27.5 Å². The average Bonchev–Trinajstić information content (AvgIpc) is 2.69. The summed E-state index contributed by atoms with van der Waals surface area (Å²) in [6.07, 6.45) is 1.55. The lowest BCUT2D eigenvalue weighted by atomic mass is 9.89. The molecule has 1 atom stereocenters. The topological polar surface area (TPSA) is 49.4 Å². The minimum absolute atomic E-state index is 0.0119. The molecule has 1 unspecified atom stereocenters. The van der Waals surface area contributed by atoms with E-state index in [2.05, 4.69) is 26.1 Å². The van der Waals surface area contributed by atoms with Crippen LogP contribution in [0, 0.1) is 5.92 Å². The van der Waals surface area contributed by atoms with Crippen molar-refractivity contribution < 1.29 is 9.59 Å². The van der Waals surface area contributed by atoms with E-state index < -0.39 is 0 Å². The minimum Gasteiger partial charge on any atom is -0.348 e. The third-order valence-electron chi connectivity index (χ3n) is 5.20. The van der Waals surface area contributed by atoms with Crippen LogP contribution < -0.4 is 5.32 Å². The molecule has 0 aromatic heterocycles. The number of amides is 1. The van der Waals surface area contributed by atoms with Gasteiger partial charge in [0.1, 0.15) is 0 Å². The molecule has 0 bridgehead atoms. The fraction of sp³-hybridized carbons (Fsp3) is 0.364. The van der Waals surface area contributed by atoms with E-state index in [0.717, 1.165) is 36.0 Å². The van der Waals surface area contributed by atoms with Gasteiger partial charge in [-0.25, -0.2) is 0 Å². The Kier molecular flexibility index (Phi) is 7.27. The molecule has 1 N–H and O–H groups in total. The third-order valence-corrected chi connectivity index (χ3v) is 5.98. The number of carbonyl (C=O) groups excluding carboxylic acids is 2. The Labute approximate surface area is 179 Å². The first-order chi connectivity index (χ1) is 13.4. The highest BCUT2D eigenvalue weighted by molar-refractivity contribution is 9.10. The van der Waals surface area contributed by atoms with E-state index in [-0.39, 0.29) is 23.7 Å². The second kappa shape index (κ2) is 9.68. The third kappa shape index (κ3) is 5.66. The largest absolute Gasteiger partial charge is 0.348 e. The molecule has 3 rings (SSSR count). The molecular weight excluding hydrogens is 440 g/mol. The Morgan fingerprint density at radius 3 is 2.32 bits per heavy atom. The maximum Gasteiger partial charge on any atom is 0.234 e. The van der Waals surface area contributed by atoms with Gasteiger partial charge in [0.25, 0.3) is 0 Å². The van der Waals surface area contributed by atoms with E-state index in [0.29, 0.717) is 17.1 Å². The number of likely N-dealkylation sites (tertiary alicyclic amines) is 1. The fourth-order valence-corrected chi connectivity index (χ4v) is 3.92. The van der Waals surface area contributed by atoms with E-state index in [4.69, 9.17) is 11.6 Å². The van der Waals surface area contributed by atoms with Gasteiger partial charge < -0.3 is 5.32 Å². The Morgan fingerprint density at radius 1 is 1.11 bits per heavy atom. The van der Waals surface area contributed by atoms with Gasteiger partial charge in [-0.2, -0.15) is 0 Å². The number of hydrogen-bond donors (Lipinski definition) is 1. The highest BCUT2D eigenvalue weighted by Crippen LogP contribution is 2.23. The van der Waals surface area contributed by atoms with Crippen LogP contribution in [-0.4, -0.2) is 36.2 Å². The first-order valence-corrected chi connectivity index (χ1v) is 10.7. The summed E-state index contributed by atoms with van der Waals surface area (Å²) in [5.74, 6) is 0.199. The zero-order valence-corrected chi connectivity index (χ0v) is 18.2. The standard InChI is InChI=1S/C22H24BrClN2O2/c1-15(16-2-6-19(23)7-3-16)25-21(27)14-26-12-10-18(11-13-26)22(28)17-4-8-20(24)9-5-17/h2-9,15,18H,10-14H2,1H3,(H,25,27). The molecule has 1 saturated heterocycles. The number of Topliss-reactive ketones (excluding diaryl/α,β-unsaturated/α-hetero) is 1. The molecule has 1 aliphatic rings. The summed E-state index contributed by atoms with van der Waals surface area (Å²) in [6.45, 7) is 3.86. The van der Waals surface area contributed by atoms with Gasteiger partial charge in [-0.05, 0) is 74.8 Å². The van der Waals surface area contributed by atoms with Gasteiger partial charge in [0.2, 0.25) is 5.91 Å². The van der Waals surface area contributed by atoms with Gasteiger partial charge in [-0.1, -0.05) is 39.7 Å². The molecule has 1 aliphatic heterocycles. The minimum atomic E-state index is -0.0374. The van der Waals surface area contributed by atoms with Crippen LogP contribution in [-0.2, 0) is 4.79 Å². The Balaban J connectivity index is 1.45. The molecule has 6 heteroatoms. The Morgan fingerprint density at radius 2 is 1.71 bits per heavy atom. The first kappa shape index (κ1) is 21.0. The van der Waals surface area contributed by atoms with Gasteiger partial charge in [-0.15, -0.1) is 0 Å². The predicted molar refractivity (Wildman–Crippen MR) is 116 cm³/mol. The summed E-state index contributed by atoms with van der Waals surface area (Å²) < 4.78 is 1.02. The molecule has 0 radical (unpaired) electrons. The number of carbonyl (C=O) groups is 2. The van der Waals surface area contributed by atoms with Crippen LogP contribution in [0.15, 0.2) is 53.0 Å². The summed E-state index contributed by atoms with van der Waals surface area (Å²) in [6, 6.07) is 15.0. The molecule has 4 nitrogen and oxygen atoms in total. The lowest BCUT2D eigenvalue weighted by molar-refractivity contribution is -0.123. The molecule has 0 saturated carbocycles. The van der Waals surface area contributed by atoms with E-state index in [1.807, 2.05) is 31.2 Å². The Hall–Kier alpha value is -1.69. The molecule has 2 aromatic rings. The lowest BCUT2D eigenvalue weighted by Crippen LogP contribution is -2.43. The van der Waals surface area contributed by atoms with Crippen LogP contribution in [0.3, 0.4) is 0 Å². The molecule has 28 heavy (non-hydrogen) atoms. The molecular formula is C22H24BrClN2O2. The van der Waals surface area contributed by atoms with Crippen molar-refractivity contribution in [1.82, 2.24) is 10.2 Å². The number of ketones is 1. The molecule has 0 aliphatic carbocycles. The monoisotopic (exact) mass is 462 g/mol. The molecule has 1 amide bonds. The van der Waals surface area contributed by atoms with Crippen molar-refractivity contribution in [2.45, 2.75) is 25.8 Å². The van der Waals surface area contributed by atoms with Crippen molar-refractivity contribution in [3.05, 3.63) is 69.2 Å². The quantitative estimate of drug-likeness (QED) is 0.622. The van der Waals surface area contributed by atoms with E-state index >= 15 is 0 Å². The number of rotatable bonds is 6. The SMILES string of the molecule is CC(NC(=O)CN1CCC(C(=O)c2ccc(Cl)cc2)CC1)c1ccc(Br)cc1. The zero-order chi connectivity index (χ0) is 20.1. The molecule has 1 heterocycles. The summed E-state index contributed by atoms with van der Waals surface area (Å²) in [5, 5.41) is 3.69. The highest BCUT2D eigenvalue weighted by atomic mass is 79.9. The second-order valence-electron chi connectivity index (χ2n) is 7.26. The number of nitrogens with one attached hydrogen (secondary N) is 1. The normalized spacial score (nSPS) is 16.5. The molecule has 148 valence electrons. The van der Waals surface area contributed by atoms with Crippen molar-refractivity contribution in [1.29, 1.82) is 0 Å². The molecule has 1 fully saturated rings. The number of piperidine rings is 1. The van der Waals surface area contributed by atoms with Gasteiger partial charge in [0, 0.05) is 21.0 Å². The number of halogens is 2. The van der Waals surface area contributed by atoms with Crippen molar-refractivity contribution >= 4 is 39.2 Å². The van der Waals surface area contributed by atoms with E-state index in [1.165, 1.54) is 0 Å². The van der Waals surface area contributed by atoms with Crippen LogP contribution in [0.5, 0.6) is 0 Å². The summed E-state index contributed by atoms with van der Waals surface area (Å²) >= 11 is 9.31. The van der Waals surface area contributed by atoms with Crippen molar-refractivity contribution in [2.75, 3.05) is 19.6 Å². The fourth-order valence-electron chi connectivity index (χ4n) is 3.53. The van der Waals surface area contributed by atoms with Gasteiger partial charge in [0.15, 0.2) is 5.78 Å². The smallest absolute Gasteiger partial charge is 0.234 e. The summed E-state index contributed by atoms with van der Waals surface area (Å²) in [5.41, 5.74) is 1.78. The highest BCUT2D eigenvalue weighted by Gasteiger charge is 2.26. The summed E-state index contributed by atoms with van der Waals surface area (Å²) in [7, 11) is 0. The van der Waals surface area contributed by atoms with Gasteiger partial charge in [-0.3, -0.25) is 14.5 Å². The maximum atomic E-state index is 12.6. The van der Waals surface area contributed by atoms with E-state index in [9.17, 15) is 9.59 Å². The van der Waals surface area contributed by atoms with Crippen molar-refractivity contribution in [2.24, 2.45) is 5.92 Å². The molecule has 2 aromatic carbocycles. The Bertz CT molecular complexity index is 815. The van der Waals surface area contributed by atoms with E-state index in [1.54, 1.807) is 24.3 Å². The molecule has 0 spiro atoms. The van der Waals surface area contributed by atoms with Crippen LogP contribution in [0.25, 0.3) is 0 Å². The summed E-state index contributed by atoms with van der Waals surface area (Å²) in [4.78, 5) is 27.1. The zero-order valence-electron chi connectivity index (χ0n) is 15.8. The lowest BCUT2D eigenvalue weighted by Gasteiger charge is -2.31. The van der Waals surface area contributed by atoms with Gasteiger partial charge >= 0.3 is 0 Å². The average molecular weight is 464 g/mol. The second-order valence-corrected chi connectivity index (χ2v) is 8.61. The van der Waals surface area contributed by atoms with Gasteiger partial charge in [0.05, 0.1) is 12.6 Å². The van der Waals surface area contributed by atoms with Crippen LogP contribution in [0.4, 0.5) is 0 Å². The number of nitrogens with zero attached hydrogens (tertiary/aromatic N) is 1. The number of benzene rings is 2. The van der Waals surface area contributed by atoms with Crippen molar-refractivity contribution in [3.63, 3.8) is 0 Å². The first-order valence-electron chi connectivity index (χ1n) is 9.49. The van der Waals surface area contributed by atoms with Crippen molar-refractivity contribution in [3.8, 4) is 0 Å². The van der Waals surface area contributed by atoms with Crippen LogP contribution in [0.2, 0.25) is 5.02 Å². The predicted octanol–water partition coefficient (Wildman–Crippen LogP) is 4.87. The number of hydrogen-bond acceptors (Lipinski definition) is 3. The maximum absolute atomic E-state index is 12.6. The van der Waals surface area contributed by atoms with Crippen LogP contribution in [0.1, 0.15) is 41.7 Å².